The molecule has 0 N–H and O–H groups in total. The molecule has 0 spiro atoms. The summed E-state index contributed by atoms with van der Waals surface area (Å²) in [6.45, 7) is 0. The van der Waals surface area contributed by atoms with Gasteiger partial charge in [-0.05, 0) is 48.6 Å². The van der Waals surface area contributed by atoms with Gasteiger partial charge in [0.1, 0.15) is 5.54 Å². The Bertz CT molecular complexity index is 930. The summed E-state index contributed by atoms with van der Waals surface area (Å²) in [6, 6.07) is 7.66. The molecule has 4 rings (SSSR count). The molecule has 9 heteroatoms. The molecule has 0 radical (unpaired) electrons. The molecule has 30 heavy (non-hydrogen) atoms. The Morgan fingerprint density at radius 1 is 1.27 bits per heavy atom. The van der Waals surface area contributed by atoms with E-state index in [0.29, 0.717) is 34.6 Å². The minimum absolute atomic E-state index is 0.0542. The van der Waals surface area contributed by atoms with Gasteiger partial charge in [-0.25, -0.2) is 4.68 Å². The largest absolute Gasteiger partial charge is 0.328 e. The van der Waals surface area contributed by atoms with Crippen LogP contribution in [0.2, 0.25) is 5.02 Å². The molecule has 7 nitrogen and oxygen atoms in total. The van der Waals surface area contributed by atoms with Crippen molar-refractivity contribution in [3.8, 4) is 0 Å². The summed E-state index contributed by atoms with van der Waals surface area (Å²) in [6.07, 6.45) is 7.25. The Kier molecular flexibility index (Phi) is 6.43. The molecule has 2 aromatic rings. The fourth-order valence-corrected chi connectivity index (χ4v) is 5.87. The highest BCUT2D eigenvalue weighted by Gasteiger charge is 2.47. The number of Topliss-reactive ketones (excluding diaryl/α,β-unsaturated/α-hetero) is 1. The SMILES string of the molecule is CN(C(=O)CSc1nnnn1C1CCCC1)C1(c2ccccc2Cl)CCCCC1=O. The number of hydrogen-bond acceptors (Lipinski definition) is 6. The van der Waals surface area contributed by atoms with Crippen molar-refractivity contribution < 1.29 is 9.59 Å². The van der Waals surface area contributed by atoms with Crippen LogP contribution in [0.25, 0.3) is 0 Å². The van der Waals surface area contributed by atoms with E-state index in [-0.39, 0.29) is 17.4 Å². The first-order chi connectivity index (χ1) is 14.5. The van der Waals surface area contributed by atoms with Crippen LogP contribution in [-0.2, 0) is 15.1 Å². The molecule has 2 aliphatic carbocycles. The van der Waals surface area contributed by atoms with E-state index >= 15 is 0 Å². The second-order valence-corrected chi connectivity index (χ2v) is 9.41. The predicted molar refractivity (Wildman–Crippen MR) is 115 cm³/mol. The molecule has 2 aliphatic rings. The molecule has 1 atom stereocenters. The highest BCUT2D eigenvalue weighted by molar-refractivity contribution is 7.99. The van der Waals surface area contributed by atoms with Crippen LogP contribution in [0, 0.1) is 0 Å². The average molecular weight is 448 g/mol. The Hall–Kier alpha value is -1.93. The molecule has 1 unspecified atom stereocenters. The first-order valence-electron chi connectivity index (χ1n) is 10.5. The molecule has 1 amide bonds. The smallest absolute Gasteiger partial charge is 0.233 e. The number of aromatic nitrogens is 4. The van der Waals surface area contributed by atoms with E-state index < -0.39 is 5.54 Å². The summed E-state index contributed by atoms with van der Waals surface area (Å²) in [5.41, 5.74) is -0.293. The second-order valence-electron chi connectivity index (χ2n) is 8.06. The number of tetrazole rings is 1. The van der Waals surface area contributed by atoms with Crippen LogP contribution in [0.15, 0.2) is 29.4 Å². The summed E-state index contributed by atoms with van der Waals surface area (Å²) < 4.78 is 1.85. The van der Waals surface area contributed by atoms with Crippen molar-refractivity contribution in [2.24, 2.45) is 0 Å². The molecule has 1 heterocycles. The molecular weight excluding hydrogens is 422 g/mol. The minimum Gasteiger partial charge on any atom is -0.328 e. The van der Waals surface area contributed by atoms with Crippen LogP contribution in [0.1, 0.15) is 63.0 Å². The van der Waals surface area contributed by atoms with Crippen molar-refractivity contribution >= 4 is 35.1 Å². The number of benzene rings is 1. The van der Waals surface area contributed by atoms with Crippen molar-refractivity contribution in [1.29, 1.82) is 0 Å². The van der Waals surface area contributed by atoms with Gasteiger partial charge in [0.25, 0.3) is 0 Å². The lowest BCUT2D eigenvalue weighted by molar-refractivity contribution is -0.146. The van der Waals surface area contributed by atoms with Crippen LogP contribution >= 0.6 is 23.4 Å². The van der Waals surface area contributed by atoms with Crippen LogP contribution in [0.3, 0.4) is 0 Å². The van der Waals surface area contributed by atoms with Crippen LogP contribution in [-0.4, -0.2) is 49.6 Å². The fraction of sp³-hybridized carbons (Fsp3) is 0.571. The van der Waals surface area contributed by atoms with Crippen LogP contribution in [0.5, 0.6) is 0 Å². The highest BCUT2D eigenvalue weighted by Crippen LogP contribution is 2.42. The molecule has 2 fully saturated rings. The van der Waals surface area contributed by atoms with Gasteiger partial charge in [0, 0.05) is 24.1 Å². The molecule has 1 aromatic carbocycles. The molecule has 1 aromatic heterocycles. The zero-order chi connectivity index (χ0) is 21.1. The summed E-state index contributed by atoms with van der Waals surface area (Å²) in [4.78, 5) is 28.0. The van der Waals surface area contributed by atoms with E-state index in [1.165, 1.54) is 24.6 Å². The van der Waals surface area contributed by atoms with Crippen molar-refractivity contribution in [2.75, 3.05) is 12.8 Å². The molecule has 0 bridgehead atoms. The van der Waals surface area contributed by atoms with E-state index in [4.69, 9.17) is 11.6 Å². The third kappa shape index (κ3) is 3.87. The lowest BCUT2D eigenvalue weighted by Crippen LogP contribution is -2.54. The number of carbonyl (C=O) groups excluding carboxylic acids is 2. The lowest BCUT2D eigenvalue weighted by atomic mass is 9.74. The van der Waals surface area contributed by atoms with E-state index in [1.54, 1.807) is 18.0 Å². The predicted octanol–water partition coefficient (Wildman–Crippen LogP) is 4.03. The highest BCUT2D eigenvalue weighted by atomic mass is 35.5. The average Bonchev–Trinajstić information content (AvgIpc) is 3.44. The third-order valence-electron chi connectivity index (χ3n) is 6.38. The number of ketones is 1. The normalized spacial score (nSPS) is 22.4. The Balaban J connectivity index is 1.55. The van der Waals surface area contributed by atoms with Gasteiger partial charge in [-0.2, -0.15) is 0 Å². The first-order valence-corrected chi connectivity index (χ1v) is 11.9. The monoisotopic (exact) mass is 447 g/mol. The molecule has 0 aliphatic heterocycles. The van der Waals surface area contributed by atoms with Crippen molar-refractivity contribution in [3.63, 3.8) is 0 Å². The Morgan fingerprint density at radius 2 is 2.03 bits per heavy atom. The maximum Gasteiger partial charge on any atom is 0.233 e. The zero-order valence-electron chi connectivity index (χ0n) is 17.1. The standard InChI is InChI=1S/C21H26ClN5O2S/c1-26(19(29)14-30-20-23-24-25-27(20)15-8-2-3-9-15)21(13-7-6-12-18(21)28)16-10-4-5-11-17(16)22/h4-5,10-11,15H,2-3,6-9,12-14H2,1H3. The number of nitrogens with zero attached hydrogens (tertiary/aromatic N) is 5. The van der Waals surface area contributed by atoms with E-state index in [9.17, 15) is 9.59 Å². The molecule has 0 saturated heterocycles. The third-order valence-corrected chi connectivity index (χ3v) is 7.63. The summed E-state index contributed by atoms with van der Waals surface area (Å²) >= 11 is 7.82. The molecule has 2 saturated carbocycles. The Labute approximate surface area is 185 Å². The van der Waals surface area contributed by atoms with Gasteiger partial charge in [-0.15, -0.1) is 5.10 Å². The number of likely N-dealkylation sites (N-methyl/N-ethyl adjacent to an activating group) is 1. The summed E-state index contributed by atoms with van der Waals surface area (Å²) in [5, 5.41) is 13.2. The second kappa shape index (κ2) is 9.06. The van der Waals surface area contributed by atoms with Crippen LogP contribution in [0.4, 0.5) is 0 Å². The van der Waals surface area contributed by atoms with Gasteiger partial charge in [0.2, 0.25) is 11.1 Å². The van der Waals surface area contributed by atoms with Gasteiger partial charge in [-0.1, -0.05) is 54.4 Å². The van der Waals surface area contributed by atoms with Crippen LogP contribution < -0.4 is 0 Å². The quantitative estimate of drug-likeness (QED) is 0.622. The van der Waals surface area contributed by atoms with Gasteiger partial charge < -0.3 is 4.90 Å². The lowest BCUT2D eigenvalue weighted by Gasteiger charge is -2.44. The molecule has 160 valence electrons. The molecular formula is C21H26ClN5O2S. The van der Waals surface area contributed by atoms with Gasteiger partial charge >= 0.3 is 0 Å². The Morgan fingerprint density at radius 3 is 2.77 bits per heavy atom. The van der Waals surface area contributed by atoms with Gasteiger partial charge in [0.05, 0.1) is 11.8 Å². The minimum atomic E-state index is -1.01. The maximum absolute atomic E-state index is 13.2. The maximum atomic E-state index is 13.2. The van der Waals surface area contributed by atoms with Crippen molar-refractivity contribution in [2.45, 2.75) is 68.1 Å². The van der Waals surface area contributed by atoms with E-state index in [1.807, 2.05) is 22.9 Å². The van der Waals surface area contributed by atoms with Crippen molar-refractivity contribution in [3.05, 3.63) is 34.9 Å². The zero-order valence-corrected chi connectivity index (χ0v) is 18.7. The van der Waals surface area contributed by atoms with E-state index in [2.05, 4.69) is 15.5 Å². The number of rotatable bonds is 6. The number of hydrogen-bond donors (Lipinski definition) is 0. The van der Waals surface area contributed by atoms with Crippen molar-refractivity contribution in [1.82, 2.24) is 25.1 Å². The number of thioether (sulfide) groups is 1. The topological polar surface area (TPSA) is 81.0 Å². The van der Waals surface area contributed by atoms with Gasteiger partial charge in [0.15, 0.2) is 5.78 Å². The summed E-state index contributed by atoms with van der Waals surface area (Å²) in [5.74, 6) is 0.0953. The first kappa shape index (κ1) is 21.3. The summed E-state index contributed by atoms with van der Waals surface area (Å²) in [7, 11) is 1.72. The number of carbonyl (C=O) groups is 2. The fourth-order valence-electron chi connectivity index (χ4n) is 4.72. The number of halogens is 1. The van der Waals surface area contributed by atoms with E-state index in [0.717, 1.165) is 25.7 Å². The van der Waals surface area contributed by atoms with Gasteiger partial charge in [-0.3, -0.25) is 9.59 Å². The number of amides is 1.